The molecular weight excluding hydrogens is 276 g/mol. The van der Waals surface area contributed by atoms with Crippen molar-refractivity contribution in [3.8, 4) is 17.5 Å². The van der Waals surface area contributed by atoms with Gasteiger partial charge < -0.3 is 10.3 Å². The van der Waals surface area contributed by atoms with Gasteiger partial charge >= 0.3 is 0 Å². The third kappa shape index (κ3) is 2.72. The molecule has 0 saturated carbocycles. The zero-order valence-electron chi connectivity index (χ0n) is 11.6. The molecule has 0 radical (unpaired) electrons. The third-order valence-corrected chi connectivity index (χ3v) is 3.11. The molecule has 2 aromatic carbocycles. The summed E-state index contributed by atoms with van der Waals surface area (Å²) < 4.78 is 0. The normalized spacial score (nSPS) is 9.95. The van der Waals surface area contributed by atoms with Crippen LogP contribution < -0.4 is 10.9 Å². The molecule has 1 aromatic heterocycles. The number of aromatic nitrogens is 2. The fourth-order valence-electron chi connectivity index (χ4n) is 2.06. The number of aromatic amines is 1. The van der Waals surface area contributed by atoms with Crippen molar-refractivity contribution in [1.29, 1.82) is 5.26 Å². The summed E-state index contributed by atoms with van der Waals surface area (Å²) in [4.78, 5) is 19.1. The Bertz CT molecular complexity index is 880. The summed E-state index contributed by atoms with van der Waals surface area (Å²) in [6, 6.07) is 20.5. The molecule has 22 heavy (non-hydrogen) atoms. The Hall–Kier alpha value is -3.39. The fourth-order valence-corrected chi connectivity index (χ4v) is 2.06. The number of rotatable bonds is 3. The first-order valence-electron chi connectivity index (χ1n) is 6.70. The van der Waals surface area contributed by atoms with Crippen LogP contribution in [0, 0.1) is 11.3 Å². The molecule has 0 aliphatic rings. The summed E-state index contributed by atoms with van der Waals surface area (Å²) in [5.41, 5.74) is 1.04. The van der Waals surface area contributed by atoms with E-state index in [1.165, 1.54) is 0 Å². The molecule has 0 aliphatic carbocycles. The van der Waals surface area contributed by atoms with E-state index in [-0.39, 0.29) is 11.4 Å². The van der Waals surface area contributed by atoms with Crippen LogP contribution in [0.1, 0.15) is 5.56 Å². The molecule has 3 rings (SSSR count). The monoisotopic (exact) mass is 288 g/mol. The summed E-state index contributed by atoms with van der Waals surface area (Å²) in [7, 11) is 0. The quantitative estimate of drug-likeness (QED) is 0.776. The van der Waals surface area contributed by atoms with Crippen LogP contribution in [0.3, 0.4) is 0 Å². The van der Waals surface area contributed by atoms with Crippen LogP contribution in [0.15, 0.2) is 65.5 Å². The molecule has 0 fully saturated rings. The van der Waals surface area contributed by atoms with Gasteiger partial charge in [-0.05, 0) is 12.1 Å². The van der Waals surface area contributed by atoms with Crippen LogP contribution in [-0.4, -0.2) is 9.97 Å². The summed E-state index contributed by atoms with van der Waals surface area (Å²) >= 11 is 0. The molecule has 0 saturated heterocycles. The van der Waals surface area contributed by atoms with Gasteiger partial charge in [-0.3, -0.25) is 4.79 Å². The lowest BCUT2D eigenvalue weighted by atomic mass is 10.2. The first-order valence-corrected chi connectivity index (χ1v) is 6.70. The first kappa shape index (κ1) is 13.6. The average Bonchev–Trinajstić information content (AvgIpc) is 2.56. The molecule has 0 atom stereocenters. The topological polar surface area (TPSA) is 81.6 Å². The molecular formula is C17H12N4O. The highest BCUT2D eigenvalue weighted by Gasteiger charge is 2.12. The Morgan fingerprint density at radius 3 is 2.27 bits per heavy atom. The third-order valence-electron chi connectivity index (χ3n) is 3.11. The first-order chi connectivity index (χ1) is 10.8. The Kier molecular flexibility index (Phi) is 3.67. The minimum absolute atomic E-state index is 0.0384. The largest absolute Gasteiger partial charge is 0.339 e. The molecule has 106 valence electrons. The molecule has 2 N–H and O–H groups in total. The standard InChI is InChI=1S/C17H12N4O/c18-11-14-16(19-13-9-5-2-6-10-13)20-15(21-17(14)22)12-7-3-1-4-8-12/h1-10H,(H2,19,20,21,22). The molecule has 1 heterocycles. The number of nitriles is 1. The smallest absolute Gasteiger partial charge is 0.271 e. The van der Waals surface area contributed by atoms with Gasteiger partial charge in [0.25, 0.3) is 5.56 Å². The van der Waals surface area contributed by atoms with Crippen LogP contribution in [0.4, 0.5) is 11.5 Å². The number of para-hydroxylation sites is 1. The van der Waals surface area contributed by atoms with E-state index in [0.29, 0.717) is 5.82 Å². The van der Waals surface area contributed by atoms with E-state index in [9.17, 15) is 10.1 Å². The zero-order valence-corrected chi connectivity index (χ0v) is 11.6. The highest BCUT2D eigenvalue weighted by molar-refractivity contribution is 5.65. The highest BCUT2D eigenvalue weighted by atomic mass is 16.1. The molecule has 0 unspecified atom stereocenters. The van der Waals surface area contributed by atoms with Crippen molar-refractivity contribution in [3.05, 3.63) is 76.6 Å². The Labute approximate surface area is 126 Å². The summed E-state index contributed by atoms with van der Waals surface area (Å²) in [5.74, 6) is 0.666. The molecule has 3 aromatic rings. The molecule has 0 bridgehead atoms. The predicted molar refractivity (Wildman–Crippen MR) is 84.7 cm³/mol. The Balaban J connectivity index is 2.10. The van der Waals surface area contributed by atoms with Gasteiger partial charge in [-0.2, -0.15) is 5.26 Å². The van der Waals surface area contributed by atoms with Gasteiger partial charge in [0, 0.05) is 11.3 Å². The van der Waals surface area contributed by atoms with Crippen molar-refractivity contribution in [1.82, 2.24) is 9.97 Å². The minimum atomic E-state index is -0.463. The lowest BCUT2D eigenvalue weighted by Crippen LogP contribution is -2.16. The van der Waals surface area contributed by atoms with Crippen LogP contribution in [0.5, 0.6) is 0 Å². The second kappa shape index (κ2) is 5.94. The van der Waals surface area contributed by atoms with Crippen LogP contribution in [0.25, 0.3) is 11.4 Å². The number of nitrogens with zero attached hydrogens (tertiary/aromatic N) is 2. The van der Waals surface area contributed by atoms with Crippen molar-refractivity contribution in [2.75, 3.05) is 5.32 Å². The maximum Gasteiger partial charge on any atom is 0.271 e. The van der Waals surface area contributed by atoms with E-state index < -0.39 is 5.56 Å². The lowest BCUT2D eigenvalue weighted by molar-refractivity contribution is 1.11. The van der Waals surface area contributed by atoms with E-state index in [4.69, 9.17) is 0 Å². The van der Waals surface area contributed by atoms with Gasteiger partial charge in [0.2, 0.25) is 0 Å². The van der Waals surface area contributed by atoms with E-state index in [0.717, 1.165) is 11.3 Å². The van der Waals surface area contributed by atoms with E-state index in [1.807, 2.05) is 66.7 Å². The number of nitrogens with one attached hydrogen (secondary N) is 2. The maximum absolute atomic E-state index is 12.1. The number of hydrogen-bond acceptors (Lipinski definition) is 4. The van der Waals surface area contributed by atoms with Crippen molar-refractivity contribution in [2.45, 2.75) is 0 Å². The predicted octanol–water partition coefficient (Wildman–Crippen LogP) is 3.05. The van der Waals surface area contributed by atoms with Gasteiger partial charge in [0.1, 0.15) is 11.9 Å². The maximum atomic E-state index is 12.1. The van der Waals surface area contributed by atoms with Crippen molar-refractivity contribution >= 4 is 11.5 Å². The van der Waals surface area contributed by atoms with Gasteiger partial charge in [-0.1, -0.05) is 48.5 Å². The summed E-state index contributed by atoms with van der Waals surface area (Å²) in [5, 5.41) is 12.2. The Morgan fingerprint density at radius 1 is 1.00 bits per heavy atom. The number of benzene rings is 2. The van der Waals surface area contributed by atoms with Crippen LogP contribution in [-0.2, 0) is 0 Å². The lowest BCUT2D eigenvalue weighted by Gasteiger charge is -2.09. The van der Waals surface area contributed by atoms with Gasteiger partial charge in [-0.15, -0.1) is 0 Å². The van der Waals surface area contributed by atoms with E-state index in [2.05, 4.69) is 15.3 Å². The van der Waals surface area contributed by atoms with Crippen molar-refractivity contribution < 1.29 is 0 Å². The van der Waals surface area contributed by atoms with Crippen molar-refractivity contribution in [3.63, 3.8) is 0 Å². The number of H-pyrrole nitrogens is 1. The van der Waals surface area contributed by atoms with Gasteiger partial charge in [0.15, 0.2) is 11.4 Å². The number of hydrogen-bond donors (Lipinski definition) is 2. The Morgan fingerprint density at radius 2 is 1.64 bits per heavy atom. The second-order valence-corrected chi connectivity index (χ2v) is 4.61. The second-order valence-electron chi connectivity index (χ2n) is 4.61. The highest BCUT2D eigenvalue weighted by Crippen LogP contribution is 2.19. The van der Waals surface area contributed by atoms with E-state index in [1.54, 1.807) is 0 Å². The van der Waals surface area contributed by atoms with Gasteiger partial charge in [0.05, 0.1) is 0 Å². The summed E-state index contributed by atoms with van der Waals surface area (Å²) in [6.45, 7) is 0. The molecule has 0 amide bonds. The van der Waals surface area contributed by atoms with Crippen LogP contribution in [0.2, 0.25) is 0 Å². The SMILES string of the molecule is N#Cc1c(Nc2ccccc2)nc(-c2ccccc2)[nH]c1=O. The van der Waals surface area contributed by atoms with Crippen LogP contribution >= 0.6 is 0 Å². The van der Waals surface area contributed by atoms with E-state index >= 15 is 0 Å². The minimum Gasteiger partial charge on any atom is -0.339 e. The molecule has 0 aliphatic heterocycles. The van der Waals surface area contributed by atoms with Crippen molar-refractivity contribution in [2.24, 2.45) is 0 Å². The van der Waals surface area contributed by atoms with Gasteiger partial charge in [-0.25, -0.2) is 4.98 Å². The molecule has 0 spiro atoms. The molecule has 5 nitrogen and oxygen atoms in total. The summed E-state index contributed by atoms with van der Waals surface area (Å²) in [6.07, 6.45) is 0. The fraction of sp³-hybridized carbons (Fsp3) is 0. The zero-order chi connectivity index (χ0) is 15.4. The average molecular weight is 288 g/mol. The molecule has 5 heteroatoms. The number of anilines is 2.